The van der Waals surface area contributed by atoms with Gasteiger partial charge in [0.15, 0.2) is 0 Å². The van der Waals surface area contributed by atoms with Crippen molar-refractivity contribution < 1.29 is 19.1 Å². The van der Waals surface area contributed by atoms with Crippen molar-refractivity contribution in [2.24, 2.45) is 5.92 Å². The Labute approximate surface area is 118 Å². The monoisotopic (exact) mass is 277 g/mol. The Balaban J connectivity index is 1.65. The van der Waals surface area contributed by atoms with Crippen LogP contribution in [0.15, 0.2) is 30.3 Å². The van der Waals surface area contributed by atoms with E-state index in [9.17, 15) is 9.59 Å². The molecule has 0 saturated carbocycles. The standard InChI is InChI=1S/C15H19NO4/c17-14(10-12-4-2-1-3-5-12)19-11-20-15(18)13-6-8-16-9-7-13/h1-5,13,16H,6-11H2. The molecule has 1 aliphatic rings. The van der Waals surface area contributed by atoms with Crippen molar-refractivity contribution in [3.05, 3.63) is 35.9 Å². The lowest BCUT2D eigenvalue weighted by atomic mass is 9.99. The van der Waals surface area contributed by atoms with Crippen molar-refractivity contribution in [3.8, 4) is 0 Å². The minimum absolute atomic E-state index is 0.0796. The summed E-state index contributed by atoms with van der Waals surface area (Å²) >= 11 is 0. The molecule has 0 spiro atoms. The molecule has 0 aromatic heterocycles. The van der Waals surface area contributed by atoms with E-state index < -0.39 is 5.97 Å². The molecule has 1 fully saturated rings. The number of hydrogen-bond donors (Lipinski definition) is 1. The summed E-state index contributed by atoms with van der Waals surface area (Å²) in [7, 11) is 0. The van der Waals surface area contributed by atoms with Gasteiger partial charge in [-0.25, -0.2) is 0 Å². The Morgan fingerprint density at radius 1 is 1.10 bits per heavy atom. The van der Waals surface area contributed by atoms with Crippen LogP contribution in [0.5, 0.6) is 0 Å². The molecule has 1 saturated heterocycles. The molecule has 0 radical (unpaired) electrons. The smallest absolute Gasteiger partial charge is 0.313 e. The summed E-state index contributed by atoms with van der Waals surface area (Å²) in [5.41, 5.74) is 0.877. The second kappa shape index (κ2) is 7.65. The first kappa shape index (κ1) is 14.5. The van der Waals surface area contributed by atoms with E-state index in [0.29, 0.717) is 0 Å². The summed E-state index contributed by atoms with van der Waals surface area (Å²) in [6.45, 7) is 1.36. The number of carbonyl (C=O) groups excluding carboxylic acids is 2. The van der Waals surface area contributed by atoms with Crippen LogP contribution < -0.4 is 5.32 Å². The number of rotatable bonds is 5. The van der Waals surface area contributed by atoms with E-state index in [-0.39, 0.29) is 25.1 Å². The van der Waals surface area contributed by atoms with Crippen molar-refractivity contribution in [2.45, 2.75) is 19.3 Å². The van der Waals surface area contributed by atoms with Crippen LogP contribution in [0.2, 0.25) is 0 Å². The van der Waals surface area contributed by atoms with Gasteiger partial charge in [-0.1, -0.05) is 30.3 Å². The fourth-order valence-corrected chi connectivity index (χ4v) is 2.14. The maximum absolute atomic E-state index is 11.7. The van der Waals surface area contributed by atoms with E-state index in [2.05, 4.69) is 5.32 Å². The molecule has 20 heavy (non-hydrogen) atoms. The van der Waals surface area contributed by atoms with E-state index in [1.165, 1.54) is 0 Å². The fraction of sp³-hybridized carbons (Fsp3) is 0.467. The van der Waals surface area contributed by atoms with Gasteiger partial charge in [-0.15, -0.1) is 0 Å². The predicted octanol–water partition coefficient (Wildman–Crippen LogP) is 1.27. The van der Waals surface area contributed by atoms with E-state index in [4.69, 9.17) is 9.47 Å². The molecule has 0 amide bonds. The predicted molar refractivity (Wildman–Crippen MR) is 72.8 cm³/mol. The van der Waals surface area contributed by atoms with E-state index in [1.54, 1.807) is 0 Å². The van der Waals surface area contributed by atoms with E-state index >= 15 is 0 Å². The number of ether oxygens (including phenoxy) is 2. The average molecular weight is 277 g/mol. The Hall–Kier alpha value is -1.88. The molecule has 1 aliphatic heterocycles. The second-order valence-corrected chi connectivity index (χ2v) is 4.78. The fourth-order valence-electron chi connectivity index (χ4n) is 2.14. The third-order valence-corrected chi connectivity index (χ3v) is 3.28. The van der Waals surface area contributed by atoms with Crippen molar-refractivity contribution in [2.75, 3.05) is 19.9 Å². The third-order valence-electron chi connectivity index (χ3n) is 3.28. The first-order valence-electron chi connectivity index (χ1n) is 6.82. The zero-order valence-electron chi connectivity index (χ0n) is 11.3. The molecular formula is C15H19NO4. The quantitative estimate of drug-likeness (QED) is 0.648. The summed E-state index contributed by atoms with van der Waals surface area (Å²) in [5.74, 6) is -0.752. The Kier molecular flexibility index (Phi) is 5.55. The number of nitrogens with one attached hydrogen (secondary N) is 1. The SMILES string of the molecule is O=C(Cc1ccccc1)OCOC(=O)C1CCNCC1. The zero-order chi connectivity index (χ0) is 14.2. The summed E-state index contributed by atoms with van der Waals surface area (Å²) in [5, 5.41) is 3.18. The van der Waals surface area contributed by atoms with Gasteiger partial charge in [0.05, 0.1) is 12.3 Å². The average Bonchev–Trinajstić information content (AvgIpc) is 2.49. The van der Waals surface area contributed by atoms with Crippen molar-refractivity contribution in [1.29, 1.82) is 0 Å². The highest BCUT2D eigenvalue weighted by Gasteiger charge is 2.22. The molecule has 0 atom stereocenters. The zero-order valence-corrected chi connectivity index (χ0v) is 11.3. The lowest BCUT2D eigenvalue weighted by Crippen LogP contribution is -2.33. The molecule has 1 aromatic carbocycles. The highest BCUT2D eigenvalue weighted by molar-refractivity contribution is 5.74. The summed E-state index contributed by atoms with van der Waals surface area (Å²) in [6, 6.07) is 9.31. The van der Waals surface area contributed by atoms with Gasteiger partial charge < -0.3 is 14.8 Å². The van der Waals surface area contributed by atoms with Crippen LogP contribution in [-0.2, 0) is 25.5 Å². The molecule has 0 aliphatic carbocycles. The number of hydrogen-bond acceptors (Lipinski definition) is 5. The van der Waals surface area contributed by atoms with Crippen molar-refractivity contribution >= 4 is 11.9 Å². The van der Waals surface area contributed by atoms with E-state index in [0.717, 1.165) is 31.5 Å². The van der Waals surface area contributed by atoms with Gasteiger partial charge in [0, 0.05) is 0 Å². The van der Waals surface area contributed by atoms with Gasteiger partial charge in [-0.2, -0.15) is 0 Å². The number of benzene rings is 1. The van der Waals surface area contributed by atoms with Crippen LogP contribution in [0.3, 0.4) is 0 Å². The molecule has 1 aromatic rings. The number of carbonyl (C=O) groups is 2. The largest absolute Gasteiger partial charge is 0.428 e. The molecule has 0 unspecified atom stereocenters. The molecular weight excluding hydrogens is 258 g/mol. The van der Waals surface area contributed by atoms with Crippen LogP contribution in [-0.4, -0.2) is 31.8 Å². The second-order valence-electron chi connectivity index (χ2n) is 4.78. The highest BCUT2D eigenvalue weighted by atomic mass is 16.7. The minimum atomic E-state index is -0.394. The Morgan fingerprint density at radius 3 is 2.50 bits per heavy atom. The molecule has 5 nitrogen and oxygen atoms in total. The normalized spacial score (nSPS) is 15.6. The van der Waals surface area contributed by atoms with Gasteiger partial charge in [0.25, 0.3) is 0 Å². The van der Waals surface area contributed by atoms with Crippen LogP contribution in [0.1, 0.15) is 18.4 Å². The van der Waals surface area contributed by atoms with Crippen molar-refractivity contribution in [1.82, 2.24) is 5.32 Å². The number of piperidine rings is 1. The highest BCUT2D eigenvalue weighted by Crippen LogP contribution is 2.13. The molecule has 0 bridgehead atoms. The lowest BCUT2D eigenvalue weighted by Gasteiger charge is -2.20. The Morgan fingerprint density at radius 2 is 1.80 bits per heavy atom. The van der Waals surface area contributed by atoms with Crippen LogP contribution in [0, 0.1) is 5.92 Å². The molecule has 108 valence electrons. The van der Waals surface area contributed by atoms with Crippen LogP contribution in [0.4, 0.5) is 0 Å². The molecule has 1 heterocycles. The van der Waals surface area contributed by atoms with Gasteiger partial charge >= 0.3 is 11.9 Å². The van der Waals surface area contributed by atoms with Crippen molar-refractivity contribution in [3.63, 3.8) is 0 Å². The maximum atomic E-state index is 11.7. The lowest BCUT2D eigenvalue weighted by molar-refractivity contribution is -0.170. The molecule has 5 heteroatoms. The van der Waals surface area contributed by atoms with Gasteiger partial charge in [-0.05, 0) is 31.5 Å². The summed E-state index contributed by atoms with van der Waals surface area (Å²) < 4.78 is 9.89. The third kappa shape index (κ3) is 4.66. The van der Waals surface area contributed by atoms with Crippen LogP contribution >= 0.6 is 0 Å². The van der Waals surface area contributed by atoms with Gasteiger partial charge in [0.2, 0.25) is 6.79 Å². The van der Waals surface area contributed by atoms with E-state index in [1.807, 2.05) is 30.3 Å². The first-order chi connectivity index (χ1) is 9.75. The maximum Gasteiger partial charge on any atom is 0.313 e. The summed E-state index contributed by atoms with van der Waals surface area (Å²) in [4.78, 5) is 23.2. The van der Waals surface area contributed by atoms with Gasteiger partial charge in [-0.3, -0.25) is 9.59 Å². The topological polar surface area (TPSA) is 64.6 Å². The first-order valence-corrected chi connectivity index (χ1v) is 6.82. The molecule has 2 rings (SSSR count). The summed E-state index contributed by atoms with van der Waals surface area (Å²) in [6.07, 6.45) is 1.74. The minimum Gasteiger partial charge on any atom is -0.428 e. The van der Waals surface area contributed by atoms with Gasteiger partial charge in [0.1, 0.15) is 0 Å². The number of esters is 2. The Bertz CT molecular complexity index is 440. The molecule has 1 N–H and O–H groups in total. The van der Waals surface area contributed by atoms with Crippen LogP contribution in [0.25, 0.3) is 0 Å².